The average molecular weight is 277 g/mol. The van der Waals surface area contributed by atoms with E-state index in [9.17, 15) is 0 Å². The van der Waals surface area contributed by atoms with E-state index in [4.69, 9.17) is 18.0 Å². The predicted molar refractivity (Wildman–Crippen MR) is 81.3 cm³/mol. The first-order chi connectivity index (χ1) is 8.58. The van der Waals surface area contributed by atoms with Crippen LogP contribution in [0.15, 0.2) is 29.1 Å². The molecule has 18 heavy (non-hydrogen) atoms. The van der Waals surface area contributed by atoms with Crippen LogP contribution in [0.1, 0.15) is 16.8 Å². The number of hydrogen-bond acceptors (Lipinski definition) is 4. The molecule has 0 atom stereocenters. The van der Waals surface area contributed by atoms with Crippen molar-refractivity contribution in [2.24, 2.45) is 5.73 Å². The number of rotatable bonds is 4. The van der Waals surface area contributed by atoms with Crippen LogP contribution < -0.4 is 10.6 Å². The van der Waals surface area contributed by atoms with Gasteiger partial charge in [0.2, 0.25) is 0 Å². The fraction of sp³-hybridized carbons (Fsp3) is 0.231. The summed E-state index contributed by atoms with van der Waals surface area (Å²) in [6.07, 6.45) is 0. The molecule has 0 aliphatic carbocycles. The molecular formula is C13H15N3S2. The summed E-state index contributed by atoms with van der Waals surface area (Å²) in [4.78, 5) is 6.90. The molecule has 1 aromatic heterocycles. The normalized spacial score (nSPS) is 10.3. The summed E-state index contributed by atoms with van der Waals surface area (Å²) in [5, 5.41) is 2.06. The molecular weight excluding hydrogens is 262 g/mol. The van der Waals surface area contributed by atoms with E-state index in [0.717, 1.165) is 23.4 Å². The largest absolute Gasteiger partial charge is 0.389 e. The van der Waals surface area contributed by atoms with Crippen LogP contribution in [0.2, 0.25) is 0 Å². The molecule has 2 aromatic rings. The first kappa shape index (κ1) is 13.0. The minimum absolute atomic E-state index is 0.437. The number of hydrogen-bond donors (Lipinski definition) is 1. The molecule has 2 N–H and O–H groups in total. The first-order valence-electron chi connectivity index (χ1n) is 5.56. The zero-order chi connectivity index (χ0) is 13.1. The Kier molecular flexibility index (Phi) is 3.93. The van der Waals surface area contributed by atoms with Gasteiger partial charge in [0.05, 0.1) is 17.7 Å². The number of aromatic nitrogens is 1. The highest BCUT2D eigenvalue weighted by Gasteiger charge is 2.08. The van der Waals surface area contributed by atoms with Gasteiger partial charge in [-0.25, -0.2) is 4.98 Å². The zero-order valence-corrected chi connectivity index (χ0v) is 12.0. The number of thiocarbonyl (C=S) groups is 1. The predicted octanol–water partition coefficient (Wildman–Crippen LogP) is 2.72. The van der Waals surface area contributed by atoms with Crippen molar-refractivity contribution >= 4 is 34.2 Å². The van der Waals surface area contributed by atoms with E-state index in [0.29, 0.717) is 4.99 Å². The van der Waals surface area contributed by atoms with Gasteiger partial charge >= 0.3 is 0 Å². The maximum atomic E-state index is 5.63. The second-order valence-corrected chi connectivity index (χ2v) is 5.36. The van der Waals surface area contributed by atoms with Gasteiger partial charge in [-0.1, -0.05) is 12.2 Å². The number of nitrogens with two attached hydrogens (primary N) is 1. The van der Waals surface area contributed by atoms with Crippen LogP contribution in [0.4, 0.5) is 5.69 Å². The molecule has 2 rings (SSSR count). The summed E-state index contributed by atoms with van der Waals surface area (Å²) in [6, 6.07) is 6.04. The van der Waals surface area contributed by atoms with Crippen LogP contribution in [0.3, 0.4) is 0 Å². The smallest absolute Gasteiger partial charge is 0.103 e. The van der Waals surface area contributed by atoms with Gasteiger partial charge in [0.25, 0.3) is 0 Å². The minimum atomic E-state index is 0.437. The summed E-state index contributed by atoms with van der Waals surface area (Å²) < 4.78 is 0. The number of nitrogens with zero attached hydrogens (tertiary/aromatic N) is 2. The maximum absolute atomic E-state index is 5.63. The van der Waals surface area contributed by atoms with E-state index in [1.807, 2.05) is 17.6 Å². The summed E-state index contributed by atoms with van der Waals surface area (Å²) in [5.41, 5.74) is 11.8. The molecule has 1 aromatic carbocycles. The van der Waals surface area contributed by atoms with Gasteiger partial charge in [-0.2, -0.15) is 0 Å². The van der Waals surface area contributed by atoms with Gasteiger partial charge in [-0.15, -0.1) is 11.3 Å². The Morgan fingerprint density at radius 3 is 2.83 bits per heavy atom. The quantitative estimate of drug-likeness (QED) is 0.873. The number of aryl methyl sites for hydroxylation is 1. The summed E-state index contributed by atoms with van der Waals surface area (Å²) >= 11 is 6.60. The maximum Gasteiger partial charge on any atom is 0.103 e. The number of anilines is 1. The Morgan fingerprint density at radius 1 is 1.50 bits per heavy atom. The molecule has 0 saturated carbocycles. The first-order valence-corrected chi connectivity index (χ1v) is 6.91. The summed E-state index contributed by atoms with van der Waals surface area (Å²) in [7, 11) is 2.06. The Labute approximate surface area is 116 Å². The van der Waals surface area contributed by atoms with Crippen molar-refractivity contribution < 1.29 is 0 Å². The molecule has 0 amide bonds. The van der Waals surface area contributed by atoms with Gasteiger partial charge in [0.1, 0.15) is 4.99 Å². The molecule has 0 spiro atoms. The molecule has 5 heteroatoms. The summed E-state index contributed by atoms with van der Waals surface area (Å²) in [5.74, 6) is 0. The van der Waals surface area contributed by atoms with Crippen molar-refractivity contribution in [1.82, 2.24) is 4.98 Å². The van der Waals surface area contributed by atoms with Gasteiger partial charge in [0, 0.05) is 23.7 Å². The van der Waals surface area contributed by atoms with Crippen molar-refractivity contribution in [2.75, 3.05) is 11.9 Å². The Hall–Kier alpha value is -1.46. The molecule has 3 nitrogen and oxygen atoms in total. The van der Waals surface area contributed by atoms with Gasteiger partial charge in [-0.3, -0.25) is 0 Å². The second kappa shape index (κ2) is 5.46. The van der Waals surface area contributed by atoms with Gasteiger partial charge < -0.3 is 10.6 Å². The van der Waals surface area contributed by atoms with Crippen LogP contribution in [-0.4, -0.2) is 17.0 Å². The Balaban J connectivity index is 2.20. The molecule has 1 heterocycles. The van der Waals surface area contributed by atoms with Crippen molar-refractivity contribution in [1.29, 1.82) is 0 Å². The monoisotopic (exact) mass is 277 g/mol. The average Bonchev–Trinajstić information content (AvgIpc) is 2.81. The molecule has 0 aliphatic heterocycles. The number of thiazole rings is 1. The highest BCUT2D eigenvalue weighted by Crippen LogP contribution is 2.21. The third-order valence-corrected chi connectivity index (χ3v) is 3.65. The van der Waals surface area contributed by atoms with E-state index in [1.165, 1.54) is 5.69 Å². The third kappa shape index (κ3) is 2.86. The highest BCUT2D eigenvalue weighted by atomic mass is 32.1. The number of benzene rings is 1. The Morgan fingerprint density at radius 2 is 2.28 bits per heavy atom. The van der Waals surface area contributed by atoms with Crippen molar-refractivity contribution in [3.63, 3.8) is 0 Å². The lowest BCUT2D eigenvalue weighted by atomic mass is 10.1. The molecule has 0 fully saturated rings. The summed E-state index contributed by atoms with van der Waals surface area (Å²) in [6.45, 7) is 2.87. The van der Waals surface area contributed by atoms with Crippen LogP contribution in [0, 0.1) is 6.92 Å². The van der Waals surface area contributed by atoms with Crippen molar-refractivity contribution in [2.45, 2.75) is 13.5 Å². The third-order valence-electron chi connectivity index (χ3n) is 2.78. The van der Waals surface area contributed by atoms with Crippen LogP contribution in [0.5, 0.6) is 0 Å². The molecule has 0 saturated heterocycles. The topological polar surface area (TPSA) is 42.1 Å². The van der Waals surface area contributed by atoms with Crippen molar-refractivity contribution in [3.8, 4) is 0 Å². The molecule has 0 bridgehead atoms. The molecule has 0 unspecified atom stereocenters. The van der Waals surface area contributed by atoms with Crippen LogP contribution in [0.25, 0.3) is 0 Å². The van der Waals surface area contributed by atoms with Gasteiger partial charge in [-0.05, 0) is 30.7 Å². The van der Waals surface area contributed by atoms with Crippen molar-refractivity contribution in [3.05, 3.63) is 45.9 Å². The second-order valence-electron chi connectivity index (χ2n) is 4.20. The highest BCUT2D eigenvalue weighted by molar-refractivity contribution is 7.80. The lowest BCUT2D eigenvalue weighted by molar-refractivity contribution is 0.890. The SMILES string of the molecule is Cc1cc(C(N)=S)ccc1N(C)Cc1cscn1. The van der Waals surface area contributed by atoms with E-state index in [2.05, 4.69) is 35.3 Å². The fourth-order valence-electron chi connectivity index (χ4n) is 1.88. The Bertz CT molecular complexity index is 549. The van der Waals surface area contributed by atoms with Crippen LogP contribution >= 0.6 is 23.6 Å². The molecule has 0 radical (unpaired) electrons. The lowest BCUT2D eigenvalue weighted by Gasteiger charge is -2.21. The lowest BCUT2D eigenvalue weighted by Crippen LogP contribution is -2.18. The molecule has 0 aliphatic rings. The van der Waals surface area contributed by atoms with E-state index in [1.54, 1.807) is 11.3 Å². The zero-order valence-electron chi connectivity index (χ0n) is 10.4. The van der Waals surface area contributed by atoms with E-state index in [-0.39, 0.29) is 0 Å². The van der Waals surface area contributed by atoms with E-state index >= 15 is 0 Å². The fourth-order valence-corrected chi connectivity index (χ4v) is 2.56. The minimum Gasteiger partial charge on any atom is -0.389 e. The van der Waals surface area contributed by atoms with Crippen LogP contribution in [-0.2, 0) is 6.54 Å². The van der Waals surface area contributed by atoms with E-state index < -0.39 is 0 Å². The molecule has 94 valence electrons. The van der Waals surface area contributed by atoms with Gasteiger partial charge in [0.15, 0.2) is 0 Å². The standard InChI is InChI=1S/C13H15N3S2/c1-9-5-10(13(14)17)3-4-12(9)16(2)6-11-7-18-8-15-11/h3-5,7-8H,6H2,1-2H3,(H2,14,17).